The van der Waals surface area contributed by atoms with E-state index in [1.165, 1.54) is 5.56 Å². The highest BCUT2D eigenvalue weighted by molar-refractivity contribution is 7.09. The Morgan fingerprint density at radius 2 is 1.96 bits per heavy atom. The van der Waals surface area contributed by atoms with Crippen LogP contribution in [-0.4, -0.2) is 28.5 Å². The highest BCUT2D eigenvalue weighted by atomic mass is 32.1. The Morgan fingerprint density at radius 1 is 1.26 bits per heavy atom. The van der Waals surface area contributed by atoms with Crippen molar-refractivity contribution in [1.29, 1.82) is 0 Å². The van der Waals surface area contributed by atoms with E-state index < -0.39 is 5.97 Å². The second-order valence-electron chi connectivity index (χ2n) is 5.52. The second-order valence-corrected chi connectivity index (χ2v) is 6.59. The molecule has 1 N–H and O–H groups in total. The Kier molecular flexibility index (Phi) is 6.12. The monoisotopic (exact) mass is 334 g/mol. The van der Waals surface area contributed by atoms with Gasteiger partial charge in [-0.3, -0.25) is 9.69 Å². The van der Waals surface area contributed by atoms with E-state index >= 15 is 0 Å². The zero-order valence-corrected chi connectivity index (χ0v) is 14.5. The van der Waals surface area contributed by atoms with Gasteiger partial charge in [-0.2, -0.15) is 0 Å². The van der Waals surface area contributed by atoms with Crippen LogP contribution in [0.4, 0.5) is 0 Å². The molecule has 2 aromatic rings. The lowest BCUT2D eigenvalue weighted by Crippen LogP contribution is -2.30. The van der Waals surface area contributed by atoms with Crippen LogP contribution in [0.2, 0.25) is 0 Å². The summed E-state index contributed by atoms with van der Waals surface area (Å²) in [5, 5.41) is 0. The van der Waals surface area contributed by atoms with Gasteiger partial charge < -0.3 is 9.72 Å². The zero-order valence-electron chi connectivity index (χ0n) is 13.7. The van der Waals surface area contributed by atoms with Gasteiger partial charge in [-0.1, -0.05) is 41.7 Å². The molecular weight excluding hydrogens is 312 g/mol. The van der Waals surface area contributed by atoms with Crippen LogP contribution in [0.3, 0.4) is 0 Å². The standard InChI is InChI=1S/C17H22N2O3S/c1-4-22-16(20)15-14(23-17(21)18-15)11-19(12(2)3)10-13-8-6-5-7-9-13/h5-9,12H,4,10-11H2,1-3H3,(H,18,21). The van der Waals surface area contributed by atoms with E-state index in [0.717, 1.165) is 22.8 Å². The van der Waals surface area contributed by atoms with Crippen LogP contribution in [0.5, 0.6) is 0 Å². The van der Waals surface area contributed by atoms with E-state index in [4.69, 9.17) is 4.74 Å². The van der Waals surface area contributed by atoms with E-state index in [2.05, 4.69) is 35.9 Å². The molecule has 23 heavy (non-hydrogen) atoms. The summed E-state index contributed by atoms with van der Waals surface area (Å²) in [6.45, 7) is 7.52. The quantitative estimate of drug-likeness (QED) is 0.791. The van der Waals surface area contributed by atoms with Crippen LogP contribution < -0.4 is 4.87 Å². The summed E-state index contributed by atoms with van der Waals surface area (Å²) in [7, 11) is 0. The van der Waals surface area contributed by atoms with Crippen molar-refractivity contribution in [2.24, 2.45) is 0 Å². The Morgan fingerprint density at radius 3 is 2.57 bits per heavy atom. The van der Waals surface area contributed by atoms with E-state index in [1.807, 2.05) is 18.2 Å². The predicted octanol–water partition coefficient (Wildman–Crippen LogP) is 3.02. The van der Waals surface area contributed by atoms with Crippen LogP contribution in [0.25, 0.3) is 0 Å². The number of carbonyl (C=O) groups is 1. The van der Waals surface area contributed by atoms with E-state index in [0.29, 0.717) is 6.54 Å². The topological polar surface area (TPSA) is 62.4 Å². The minimum Gasteiger partial charge on any atom is -0.461 e. The Bertz CT molecular complexity index is 691. The molecule has 0 unspecified atom stereocenters. The number of aromatic nitrogens is 1. The summed E-state index contributed by atoms with van der Waals surface area (Å²) in [5.74, 6) is -0.468. The molecule has 2 rings (SSSR count). The number of thiazole rings is 1. The number of hydrogen-bond acceptors (Lipinski definition) is 5. The minimum atomic E-state index is -0.468. The third kappa shape index (κ3) is 4.77. The Hall–Kier alpha value is -1.92. The van der Waals surface area contributed by atoms with Crippen LogP contribution in [0, 0.1) is 0 Å². The highest BCUT2D eigenvalue weighted by Crippen LogP contribution is 2.18. The van der Waals surface area contributed by atoms with Gasteiger partial charge in [-0.05, 0) is 26.3 Å². The van der Waals surface area contributed by atoms with Crippen LogP contribution in [0.1, 0.15) is 41.7 Å². The largest absolute Gasteiger partial charge is 0.461 e. The number of benzene rings is 1. The van der Waals surface area contributed by atoms with Crippen LogP contribution in [0.15, 0.2) is 35.1 Å². The summed E-state index contributed by atoms with van der Waals surface area (Å²) in [4.78, 5) is 29.0. The lowest BCUT2D eigenvalue weighted by molar-refractivity contribution is 0.0517. The van der Waals surface area contributed by atoms with E-state index in [1.54, 1.807) is 6.92 Å². The van der Waals surface area contributed by atoms with Gasteiger partial charge in [0.2, 0.25) is 0 Å². The van der Waals surface area contributed by atoms with Crippen molar-refractivity contribution in [3.05, 3.63) is 56.1 Å². The Labute approximate surface area is 139 Å². The van der Waals surface area contributed by atoms with Crippen LogP contribution in [-0.2, 0) is 17.8 Å². The first kappa shape index (κ1) is 17.4. The fraction of sp³-hybridized carbons (Fsp3) is 0.412. The average molecular weight is 334 g/mol. The van der Waals surface area contributed by atoms with Gasteiger partial charge in [0.25, 0.3) is 0 Å². The number of nitrogens with one attached hydrogen (secondary N) is 1. The van der Waals surface area contributed by atoms with Crippen molar-refractivity contribution in [3.8, 4) is 0 Å². The van der Waals surface area contributed by atoms with Crippen molar-refractivity contribution >= 4 is 17.3 Å². The average Bonchev–Trinajstić information content (AvgIpc) is 2.88. The summed E-state index contributed by atoms with van der Waals surface area (Å²) in [6, 6.07) is 10.4. The maximum absolute atomic E-state index is 12.0. The molecule has 0 atom stereocenters. The summed E-state index contributed by atoms with van der Waals surface area (Å²) >= 11 is 1.07. The molecule has 0 aliphatic rings. The maximum Gasteiger partial charge on any atom is 0.356 e. The van der Waals surface area contributed by atoms with Crippen LogP contribution >= 0.6 is 11.3 Å². The van der Waals surface area contributed by atoms with Gasteiger partial charge in [0.1, 0.15) is 5.69 Å². The first-order valence-electron chi connectivity index (χ1n) is 7.68. The van der Waals surface area contributed by atoms with Gasteiger partial charge >= 0.3 is 10.8 Å². The third-order valence-corrected chi connectivity index (χ3v) is 4.37. The molecule has 6 heteroatoms. The number of rotatable bonds is 7. The number of carbonyl (C=O) groups excluding carboxylic acids is 1. The molecule has 1 aromatic carbocycles. The number of esters is 1. The van der Waals surface area contributed by atoms with Crippen molar-refractivity contribution in [2.45, 2.75) is 39.9 Å². The summed E-state index contributed by atoms with van der Waals surface area (Å²) < 4.78 is 5.02. The molecule has 5 nitrogen and oxygen atoms in total. The van der Waals surface area contributed by atoms with Gasteiger partial charge in [0, 0.05) is 19.1 Å². The molecule has 0 aliphatic carbocycles. The first-order chi connectivity index (χ1) is 11.0. The third-order valence-electron chi connectivity index (χ3n) is 3.51. The fourth-order valence-electron chi connectivity index (χ4n) is 2.26. The minimum absolute atomic E-state index is 0.230. The molecule has 0 saturated carbocycles. The van der Waals surface area contributed by atoms with E-state index in [9.17, 15) is 9.59 Å². The van der Waals surface area contributed by atoms with Crippen molar-refractivity contribution in [1.82, 2.24) is 9.88 Å². The normalized spacial score (nSPS) is 11.2. The Balaban J connectivity index is 2.20. The first-order valence-corrected chi connectivity index (χ1v) is 8.50. The molecule has 0 saturated heterocycles. The molecule has 0 fully saturated rings. The molecule has 0 amide bonds. The lowest BCUT2D eigenvalue weighted by atomic mass is 10.2. The molecule has 1 aromatic heterocycles. The molecule has 0 spiro atoms. The summed E-state index contributed by atoms with van der Waals surface area (Å²) in [5.41, 5.74) is 1.47. The molecular formula is C17H22N2O3S. The zero-order chi connectivity index (χ0) is 16.8. The number of H-pyrrole nitrogens is 1. The number of nitrogens with zero attached hydrogens (tertiary/aromatic N) is 1. The summed E-state index contributed by atoms with van der Waals surface area (Å²) in [6.07, 6.45) is 0. The number of aromatic amines is 1. The maximum atomic E-state index is 12.0. The fourth-order valence-corrected chi connectivity index (χ4v) is 3.11. The van der Waals surface area contributed by atoms with Gasteiger partial charge in [0.05, 0.1) is 11.5 Å². The predicted molar refractivity (Wildman–Crippen MR) is 91.7 cm³/mol. The number of ether oxygens (including phenoxy) is 1. The van der Waals surface area contributed by atoms with Crippen molar-refractivity contribution < 1.29 is 9.53 Å². The van der Waals surface area contributed by atoms with Gasteiger partial charge in [0.15, 0.2) is 0 Å². The molecule has 0 aliphatic heterocycles. The molecule has 124 valence electrons. The van der Waals surface area contributed by atoms with Crippen molar-refractivity contribution in [2.75, 3.05) is 6.61 Å². The van der Waals surface area contributed by atoms with Gasteiger partial charge in [-0.15, -0.1) is 0 Å². The second kappa shape index (κ2) is 8.08. The van der Waals surface area contributed by atoms with E-state index in [-0.39, 0.29) is 23.2 Å². The molecule has 0 radical (unpaired) electrons. The highest BCUT2D eigenvalue weighted by Gasteiger charge is 2.20. The molecule has 1 heterocycles. The SMILES string of the molecule is CCOC(=O)c1[nH]c(=O)sc1CN(Cc1ccccc1)C(C)C. The lowest BCUT2D eigenvalue weighted by Gasteiger charge is -2.26. The number of hydrogen-bond donors (Lipinski definition) is 1. The van der Waals surface area contributed by atoms with Crippen molar-refractivity contribution in [3.63, 3.8) is 0 Å². The van der Waals surface area contributed by atoms with Gasteiger partial charge in [-0.25, -0.2) is 4.79 Å². The molecule has 0 bridgehead atoms. The smallest absolute Gasteiger partial charge is 0.356 e.